The van der Waals surface area contributed by atoms with Gasteiger partial charge in [0.05, 0.1) is 6.54 Å². The molecule has 1 N–H and O–H groups in total. The highest BCUT2D eigenvalue weighted by molar-refractivity contribution is 5.99. The van der Waals surface area contributed by atoms with Gasteiger partial charge in [-0.1, -0.05) is 17.7 Å². The number of hydrogen-bond acceptors (Lipinski definition) is 3. The predicted octanol–water partition coefficient (Wildman–Crippen LogP) is 4.16. The molecule has 0 radical (unpaired) electrons. The molecule has 1 aliphatic heterocycles. The summed E-state index contributed by atoms with van der Waals surface area (Å²) in [6.07, 6.45) is 2.99. The molecule has 0 spiro atoms. The second-order valence-corrected chi connectivity index (χ2v) is 8.05. The summed E-state index contributed by atoms with van der Waals surface area (Å²) in [6.45, 7) is 8.23. The molecule has 2 heterocycles. The van der Waals surface area contributed by atoms with Crippen molar-refractivity contribution >= 4 is 11.8 Å². The van der Waals surface area contributed by atoms with Crippen molar-refractivity contribution in [3.05, 3.63) is 52.8 Å². The molecular weight excluding hydrogens is 352 g/mol. The van der Waals surface area contributed by atoms with Crippen LogP contribution in [0.2, 0.25) is 0 Å². The number of piperidine rings is 1. The number of carboxylic acids is 1. The number of carboxylic acid groups (broad SMARTS) is 1. The summed E-state index contributed by atoms with van der Waals surface area (Å²) < 4.78 is 2.14. The van der Waals surface area contributed by atoms with Gasteiger partial charge in [0.2, 0.25) is 0 Å². The monoisotopic (exact) mass is 382 g/mol. The van der Waals surface area contributed by atoms with Gasteiger partial charge in [0.25, 0.3) is 0 Å². The predicted molar refractivity (Wildman–Crippen MR) is 110 cm³/mol. The largest absolute Gasteiger partial charge is 0.481 e. The molecule has 5 nitrogen and oxygen atoms in total. The summed E-state index contributed by atoms with van der Waals surface area (Å²) in [7, 11) is 0. The maximum atomic E-state index is 13.0. The van der Waals surface area contributed by atoms with Gasteiger partial charge in [-0.2, -0.15) is 0 Å². The van der Waals surface area contributed by atoms with E-state index in [-0.39, 0.29) is 12.2 Å². The Labute approximate surface area is 167 Å². The van der Waals surface area contributed by atoms with Gasteiger partial charge in [-0.15, -0.1) is 0 Å². The van der Waals surface area contributed by atoms with Gasteiger partial charge < -0.3 is 9.67 Å². The average Bonchev–Trinajstić information content (AvgIpc) is 2.96. The fraction of sp³-hybridized carbons (Fsp3) is 0.478. The zero-order chi connectivity index (χ0) is 20.3. The fourth-order valence-corrected chi connectivity index (χ4v) is 4.28. The summed E-state index contributed by atoms with van der Waals surface area (Å²) >= 11 is 0. The van der Waals surface area contributed by atoms with Crippen molar-refractivity contribution in [1.82, 2.24) is 9.47 Å². The lowest BCUT2D eigenvalue weighted by Gasteiger charge is -2.32. The summed E-state index contributed by atoms with van der Waals surface area (Å²) in [5, 5.41) is 8.90. The highest BCUT2D eigenvalue weighted by atomic mass is 16.4. The van der Waals surface area contributed by atoms with Crippen molar-refractivity contribution in [3.63, 3.8) is 0 Å². The molecule has 1 fully saturated rings. The second-order valence-electron chi connectivity index (χ2n) is 8.05. The third-order valence-electron chi connectivity index (χ3n) is 5.76. The molecule has 1 aromatic carbocycles. The molecule has 1 aromatic heterocycles. The first-order valence-corrected chi connectivity index (χ1v) is 10.1. The Bertz CT molecular complexity index is 851. The van der Waals surface area contributed by atoms with Gasteiger partial charge in [0, 0.05) is 35.6 Å². The smallest absolute Gasteiger partial charge is 0.303 e. The van der Waals surface area contributed by atoms with Gasteiger partial charge in [-0.3, -0.25) is 14.5 Å². The van der Waals surface area contributed by atoms with Gasteiger partial charge in [0.15, 0.2) is 5.78 Å². The minimum atomic E-state index is -0.739. The number of aliphatic carboxylic acids is 1. The van der Waals surface area contributed by atoms with E-state index in [1.807, 2.05) is 19.9 Å². The van der Waals surface area contributed by atoms with Gasteiger partial charge in [-0.25, -0.2) is 0 Å². The van der Waals surface area contributed by atoms with E-state index in [0.717, 1.165) is 48.6 Å². The maximum Gasteiger partial charge on any atom is 0.303 e. The Hall–Kier alpha value is -2.40. The Morgan fingerprint density at radius 2 is 1.86 bits per heavy atom. The first-order chi connectivity index (χ1) is 13.3. The molecule has 2 aromatic rings. The van der Waals surface area contributed by atoms with E-state index in [2.05, 4.69) is 40.7 Å². The molecule has 1 saturated heterocycles. The number of likely N-dealkylation sites (tertiary alicyclic amines) is 1. The molecule has 1 unspecified atom stereocenters. The van der Waals surface area contributed by atoms with Crippen LogP contribution < -0.4 is 0 Å². The lowest BCUT2D eigenvalue weighted by Crippen LogP contribution is -2.39. The van der Waals surface area contributed by atoms with Crippen LogP contribution in [0.1, 0.15) is 53.0 Å². The number of rotatable bonds is 7. The van der Waals surface area contributed by atoms with Crippen molar-refractivity contribution in [3.8, 4) is 5.69 Å². The zero-order valence-electron chi connectivity index (χ0n) is 17.1. The van der Waals surface area contributed by atoms with Gasteiger partial charge in [-0.05, 0) is 70.7 Å². The minimum absolute atomic E-state index is 0.144. The lowest BCUT2D eigenvalue weighted by molar-refractivity contribution is -0.137. The molecule has 0 saturated carbocycles. The Balaban J connectivity index is 1.70. The van der Waals surface area contributed by atoms with Crippen LogP contribution in [-0.2, 0) is 4.79 Å². The number of nitrogens with zero attached hydrogens (tertiary/aromatic N) is 2. The summed E-state index contributed by atoms with van der Waals surface area (Å²) in [5.74, 6) is -0.222. The number of carbonyl (C=O) groups excluding carboxylic acids is 1. The van der Waals surface area contributed by atoms with Crippen molar-refractivity contribution in [2.24, 2.45) is 5.92 Å². The van der Waals surface area contributed by atoms with Crippen molar-refractivity contribution in [2.45, 2.75) is 46.5 Å². The summed E-state index contributed by atoms with van der Waals surface area (Å²) in [5.41, 5.74) is 5.11. The molecule has 28 heavy (non-hydrogen) atoms. The molecule has 3 rings (SSSR count). The SMILES string of the molecule is Cc1ccc(-n2c(C)cc(C(=O)CN3CCCC(CCC(=O)O)C3)c2C)cc1. The van der Waals surface area contributed by atoms with Crippen molar-refractivity contribution in [1.29, 1.82) is 0 Å². The molecule has 1 atom stereocenters. The third-order valence-corrected chi connectivity index (χ3v) is 5.76. The highest BCUT2D eigenvalue weighted by Crippen LogP contribution is 2.24. The van der Waals surface area contributed by atoms with Crippen LogP contribution in [0, 0.1) is 26.7 Å². The average molecular weight is 383 g/mol. The number of carbonyl (C=O) groups is 2. The number of Topliss-reactive ketones (excluding diaryl/α,β-unsaturated/α-hetero) is 1. The Kier molecular flexibility index (Phi) is 6.35. The lowest BCUT2D eigenvalue weighted by atomic mass is 9.93. The zero-order valence-corrected chi connectivity index (χ0v) is 17.1. The van der Waals surface area contributed by atoms with E-state index < -0.39 is 5.97 Å². The first-order valence-electron chi connectivity index (χ1n) is 10.1. The number of aryl methyl sites for hydroxylation is 2. The molecular formula is C23H30N2O3. The fourth-order valence-electron chi connectivity index (χ4n) is 4.28. The molecule has 0 amide bonds. The molecule has 0 bridgehead atoms. The topological polar surface area (TPSA) is 62.5 Å². The van der Waals surface area contributed by atoms with Crippen molar-refractivity contribution < 1.29 is 14.7 Å². The van der Waals surface area contributed by atoms with Crippen molar-refractivity contribution in [2.75, 3.05) is 19.6 Å². The quantitative estimate of drug-likeness (QED) is 0.731. The first kappa shape index (κ1) is 20.3. The maximum absolute atomic E-state index is 13.0. The Morgan fingerprint density at radius 1 is 1.14 bits per heavy atom. The summed E-state index contributed by atoms with van der Waals surface area (Å²) in [6, 6.07) is 10.3. The van der Waals surface area contributed by atoms with Crippen LogP contribution in [-0.4, -0.2) is 46.0 Å². The number of hydrogen-bond donors (Lipinski definition) is 1. The van der Waals surface area contributed by atoms with Crippen LogP contribution in [0.15, 0.2) is 30.3 Å². The second kappa shape index (κ2) is 8.74. The standard InChI is InChI=1S/C23H30N2O3/c1-16-6-9-20(10-7-16)25-17(2)13-21(18(25)3)22(26)15-24-12-4-5-19(14-24)8-11-23(27)28/h6-7,9-10,13,19H,4-5,8,11-12,14-15H2,1-3H3,(H,27,28). The van der Waals surface area contributed by atoms with E-state index >= 15 is 0 Å². The molecule has 5 heteroatoms. The van der Waals surface area contributed by atoms with Crippen LogP contribution >= 0.6 is 0 Å². The molecule has 0 aliphatic carbocycles. The number of benzene rings is 1. The highest BCUT2D eigenvalue weighted by Gasteiger charge is 2.24. The van der Waals surface area contributed by atoms with E-state index in [1.165, 1.54) is 5.56 Å². The normalized spacial score (nSPS) is 17.6. The number of ketones is 1. The van der Waals surface area contributed by atoms with Crippen LogP contribution in [0.4, 0.5) is 0 Å². The van der Waals surface area contributed by atoms with E-state index in [0.29, 0.717) is 18.9 Å². The van der Waals surface area contributed by atoms with Gasteiger partial charge in [0.1, 0.15) is 0 Å². The van der Waals surface area contributed by atoms with E-state index in [4.69, 9.17) is 5.11 Å². The summed E-state index contributed by atoms with van der Waals surface area (Å²) in [4.78, 5) is 26.0. The molecule has 150 valence electrons. The van der Waals surface area contributed by atoms with E-state index in [1.54, 1.807) is 0 Å². The Morgan fingerprint density at radius 3 is 2.54 bits per heavy atom. The minimum Gasteiger partial charge on any atom is -0.481 e. The van der Waals surface area contributed by atoms with Gasteiger partial charge >= 0.3 is 5.97 Å². The van der Waals surface area contributed by atoms with Crippen LogP contribution in [0.3, 0.4) is 0 Å². The number of aromatic nitrogens is 1. The van der Waals surface area contributed by atoms with Crippen LogP contribution in [0.25, 0.3) is 5.69 Å². The third kappa shape index (κ3) is 4.71. The molecule has 1 aliphatic rings. The van der Waals surface area contributed by atoms with Crippen LogP contribution in [0.5, 0.6) is 0 Å². The van der Waals surface area contributed by atoms with E-state index in [9.17, 15) is 9.59 Å².